The molecular formula is C18H24N2OS. The number of fused-ring (bicyclic) bond motifs is 2. The molecule has 1 amide bonds. The average Bonchev–Trinajstić information content (AvgIpc) is 2.69. The molecule has 3 nitrogen and oxygen atoms in total. The molecule has 2 bridgehead atoms. The summed E-state index contributed by atoms with van der Waals surface area (Å²) in [6.45, 7) is 7.98. The van der Waals surface area contributed by atoms with E-state index >= 15 is 0 Å². The Labute approximate surface area is 138 Å². The summed E-state index contributed by atoms with van der Waals surface area (Å²) in [7, 11) is 0. The molecule has 118 valence electrons. The first-order chi connectivity index (χ1) is 10.3. The summed E-state index contributed by atoms with van der Waals surface area (Å²) < 4.78 is 0. The normalized spacial score (nSPS) is 29.2. The number of thiocarbonyl (C=S) groups is 1. The number of amides is 1. The van der Waals surface area contributed by atoms with Gasteiger partial charge >= 0.3 is 0 Å². The molecule has 2 unspecified atom stereocenters. The van der Waals surface area contributed by atoms with Crippen molar-refractivity contribution >= 4 is 23.2 Å². The van der Waals surface area contributed by atoms with Crippen molar-refractivity contribution in [3.05, 3.63) is 35.9 Å². The van der Waals surface area contributed by atoms with E-state index < -0.39 is 0 Å². The number of nitrogens with zero attached hydrogens (tertiary/aromatic N) is 1. The molecule has 4 heteroatoms. The van der Waals surface area contributed by atoms with Crippen molar-refractivity contribution in [3.8, 4) is 0 Å². The van der Waals surface area contributed by atoms with E-state index in [0.29, 0.717) is 27.5 Å². The maximum absolute atomic E-state index is 12.3. The molecule has 1 N–H and O–H groups in total. The summed E-state index contributed by atoms with van der Waals surface area (Å²) in [5.41, 5.74) is 1.32. The maximum atomic E-state index is 12.3. The minimum absolute atomic E-state index is 0.114. The Morgan fingerprint density at radius 3 is 2.59 bits per heavy atom. The number of rotatable bonds is 1. The summed E-state index contributed by atoms with van der Waals surface area (Å²) in [6, 6.07) is 9.71. The van der Waals surface area contributed by atoms with Crippen LogP contribution in [0.4, 0.5) is 0 Å². The van der Waals surface area contributed by atoms with Gasteiger partial charge in [0.15, 0.2) is 5.11 Å². The lowest BCUT2D eigenvalue weighted by molar-refractivity contribution is 0.0972. The van der Waals surface area contributed by atoms with Crippen LogP contribution in [0.3, 0.4) is 0 Å². The van der Waals surface area contributed by atoms with Crippen LogP contribution in [0, 0.1) is 10.8 Å². The quantitative estimate of drug-likeness (QED) is 0.804. The minimum atomic E-state index is -0.114. The molecule has 2 atom stereocenters. The van der Waals surface area contributed by atoms with Gasteiger partial charge < -0.3 is 4.90 Å². The molecule has 3 rings (SSSR count). The van der Waals surface area contributed by atoms with Crippen LogP contribution in [0.15, 0.2) is 30.3 Å². The van der Waals surface area contributed by atoms with Gasteiger partial charge in [0.25, 0.3) is 5.91 Å². The lowest BCUT2D eigenvalue weighted by Crippen LogP contribution is -2.45. The molecule has 1 heterocycles. The van der Waals surface area contributed by atoms with Crippen LogP contribution < -0.4 is 5.32 Å². The van der Waals surface area contributed by atoms with E-state index in [4.69, 9.17) is 12.2 Å². The molecule has 2 fully saturated rings. The fraction of sp³-hybridized carbons (Fsp3) is 0.556. The van der Waals surface area contributed by atoms with E-state index in [1.54, 1.807) is 0 Å². The molecule has 2 aliphatic rings. The number of likely N-dealkylation sites (tertiary alicyclic amines) is 1. The van der Waals surface area contributed by atoms with Crippen LogP contribution in [-0.2, 0) is 0 Å². The number of nitrogens with one attached hydrogen (secondary N) is 1. The minimum Gasteiger partial charge on any atom is -0.345 e. The van der Waals surface area contributed by atoms with Gasteiger partial charge in [0.2, 0.25) is 0 Å². The summed E-state index contributed by atoms with van der Waals surface area (Å²) >= 11 is 5.53. The zero-order chi connectivity index (χ0) is 16.0. The molecular weight excluding hydrogens is 292 g/mol. The zero-order valence-electron chi connectivity index (χ0n) is 13.6. The third-order valence-electron chi connectivity index (χ3n) is 4.93. The van der Waals surface area contributed by atoms with Crippen molar-refractivity contribution in [2.24, 2.45) is 10.8 Å². The largest absolute Gasteiger partial charge is 0.345 e. The first-order valence-electron chi connectivity index (χ1n) is 7.95. The van der Waals surface area contributed by atoms with Gasteiger partial charge in [0.05, 0.1) is 0 Å². The third-order valence-corrected chi connectivity index (χ3v) is 5.27. The average molecular weight is 316 g/mol. The van der Waals surface area contributed by atoms with Crippen molar-refractivity contribution < 1.29 is 4.79 Å². The van der Waals surface area contributed by atoms with Crippen molar-refractivity contribution in [3.63, 3.8) is 0 Å². The Morgan fingerprint density at radius 2 is 1.91 bits per heavy atom. The second-order valence-electron chi connectivity index (χ2n) is 7.97. The van der Waals surface area contributed by atoms with E-state index in [1.807, 2.05) is 30.3 Å². The van der Waals surface area contributed by atoms with Crippen LogP contribution in [0.25, 0.3) is 0 Å². The molecule has 1 saturated heterocycles. The lowest BCUT2D eigenvalue weighted by Gasteiger charge is -2.39. The molecule has 0 radical (unpaired) electrons. The summed E-state index contributed by atoms with van der Waals surface area (Å²) in [4.78, 5) is 14.5. The van der Waals surface area contributed by atoms with Crippen molar-refractivity contribution in [2.75, 3.05) is 6.54 Å². The Balaban J connectivity index is 1.70. The Morgan fingerprint density at radius 1 is 1.23 bits per heavy atom. The monoisotopic (exact) mass is 316 g/mol. The molecule has 1 saturated carbocycles. The van der Waals surface area contributed by atoms with Crippen LogP contribution in [-0.4, -0.2) is 28.5 Å². The molecule has 1 aliphatic carbocycles. The number of benzene rings is 1. The topological polar surface area (TPSA) is 32.3 Å². The zero-order valence-corrected chi connectivity index (χ0v) is 14.4. The van der Waals surface area contributed by atoms with Crippen LogP contribution in [0.1, 0.15) is 50.4 Å². The maximum Gasteiger partial charge on any atom is 0.257 e. The van der Waals surface area contributed by atoms with E-state index in [9.17, 15) is 4.79 Å². The van der Waals surface area contributed by atoms with E-state index in [0.717, 1.165) is 13.0 Å². The molecule has 1 aromatic rings. The molecule has 0 aromatic heterocycles. The second kappa shape index (κ2) is 5.34. The van der Waals surface area contributed by atoms with Gasteiger partial charge in [-0.15, -0.1) is 0 Å². The van der Waals surface area contributed by atoms with Crippen LogP contribution in [0.2, 0.25) is 0 Å². The molecule has 1 aromatic carbocycles. The second-order valence-corrected chi connectivity index (χ2v) is 8.35. The van der Waals surface area contributed by atoms with Crippen LogP contribution in [0.5, 0.6) is 0 Å². The van der Waals surface area contributed by atoms with Gasteiger partial charge in [0, 0.05) is 18.2 Å². The van der Waals surface area contributed by atoms with Crippen molar-refractivity contribution in [1.82, 2.24) is 10.2 Å². The fourth-order valence-electron chi connectivity index (χ4n) is 4.53. The summed E-state index contributed by atoms with van der Waals surface area (Å²) in [6.07, 6.45) is 3.55. The van der Waals surface area contributed by atoms with Gasteiger partial charge in [0.1, 0.15) is 0 Å². The fourth-order valence-corrected chi connectivity index (χ4v) is 4.83. The van der Waals surface area contributed by atoms with Gasteiger partial charge in [-0.25, -0.2) is 0 Å². The van der Waals surface area contributed by atoms with E-state index in [-0.39, 0.29) is 5.91 Å². The van der Waals surface area contributed by atoms with E-state index in [1.165, 1.54) is 12.8 Å². The van der Waals surface area contributed by atoms with Gasteiger partial charge in [-0.05, 0) is 54.4 Å². The highest BCUT2D eigenvalue weighted by Crippen LogP contribution is 2.52. The highest BCUT2D eigenvalue weighted by atomic mass is 32.1. The summed E-state index contributed by atoms with van der Waals surface area (Å²) in [5, 5.41) is 3.50. The van der Waals surface area contributed by atoms with Crippen molar-refractivity contribution in [2.45, 2.75) is 46.1 Å². The first kappa shape index (κ1) is 15.5. The number of hydrogen-bond acceptors (Lipinski definition) is 2. The third kappa shape index (κ3) is 3.02. The van der Waals surface area contributed by atoms with Gasteiger partial charge in [-0.1, -0.05) is 39.0 Å². The first-order valence-corrected chi connectivity index (χ1v) is 8.36. The van der Waals surface area contributed by atoms with E-state index in [2.05, 4.69) is 31.0 Å². The smallest absolute Gasteiger partial charge is 0.257 e. The summed E-state index contributed by atoms with van der Waals surface area (Å²) in [5.74, 6) is -0.114. The lowest BCUT2D eigenvalue weighted by atomic mass is 9.65. The Hall–Kier alpha value is -1.42. The highest BCUT2D eigenvalue weighted by molar-refractivity contribution is 7.80. The standard InChI is InChI=1S/C18H24N2OS/c1-17(2)9-14-10-18(3,11-17)12-20(14)16(22)19-15(21)13-7-5-4-6-8-13/h4-8,14H,9-12H2,1-3H3,(H,19,21,22). The number of hydrogen-bond donors (Lipinski definition) is 1. The van der Waals surface area contributed by atoms with Gasteiger partial charge in [-0.3, -0.25) is 10.1 Å². The SMILES string of the molecule is CC1(C)CC2CC(C)(CN2C(=S)NC(=O)c2ccccc2)C1. The highest BCUT2D eigenvalue weighted by Gasteiger charge is 2.50. The Bertz CT molecular complexity index is 598. The van der Waals surface area contributed by atoms with Crippen molar-refractivity contribution in [1.29, 1.82) is 0 Å². The van der Waals surface area contributed by atoms with Crippen LogP contribution >= 0.6 is 12.2 Å². The molecule has 1 aliphatic heterocycles. The Kier molecular flexibility index (Phi) is 3.76. The van der Waals surface area contributed by atoms with Gasteiger partial charge in [-0.2, -0.15) is 0 Å². The predicted octanol–water partition coefficient (Wildman–Crippen LogP) is 3.60. The molecule has 22 heavy (non-hydrogen) atoms. The number of carbonyl (C=O) groups is 1. The molecule has 0 spiro atoms. The predicted molar refractivity (Wildman–Crippen MR) is 92.7 cm³/mol. The number of carbonyl (C=O) groups excluding carboxylic acids is 1.